The summed E-state index contributed by atoms with van der Waals surface area (Å²) in [4.78, 5) is 45.9. The first-order valence-electron chi connectivity index (χ1n) is 7.83. The van der Waals surface area contributed by atoms with Crippen LogP contribution in [0.4, 0.5) is 10.5 Å². The Kier molecular flexibility index (Phi) is 5.20. The molecule has 0 radical (unpaired) electrons. The smallest absolute Gasteiger partial charge is 0.419 e. The molecule has 2 rings (SSSR count). The number of aromatic carboxylic acids is 1. The second-order valence-corrected chi connectivity index (χ2v) is 6.74. The van der Waals surface area contributed by atoms with Gasteiger partial charge in [0.15, 0.2) is 0 Å². The summed E-state index contributed by atoms with van der Waals surface area (Å²) in [7, 11) is 0. The number of aromatic nitrogens is 1. The second-order valence-electron chi connectivity index (χ2n) is 6.74. The number of nitro groups is 1. The summed E-state index contributed by atoms with van der Waals surface area (Å²) in [6, 6.07) is 3.67. The van der Waals surface area contributed by atoms with Gasteiger partial charge in [-0.2, -0.15) is 0 Å². The lowest BCUT2D eigenvalue weighted by atomic mass is 10.1. The molecule has 144 valence electrons. The van der Waals surface area contributed by atoms with Crippen LogP contribution in [0, 0.1) is 10.1 Å². The third kappa shape index (κ3) is 4.40. The number of esters is 1. The zero-order chi connectivity index (χ0) is 20.5. The standard InChI is InChI=1S/C17H18N2O8/c1-9(20)26-8-10-5-11-7-13(15(21)22)18(16(23)27-17(2,3)4)14(11)12(6-10)19(24)25/h5-7H,8H2,1-4H3,(H,21,22). The Labute approximate surface area is 153 Å². The summed E-state index contributed by atoms with van der Waals surface area (Å²) < 4.78 is 10.7. The topological polar surface area (TPSA) is 138 Å². The highest BCUT2D eigenvalue weighted by atomic mass is 16.6. The molecule has 10 heteroatoms. The summed E-state index contributed by atoms with van der Waals surface area (Å²) >= 11 is 0. The molecule has 0 aliphatic rings. The van der Waals surface area contributed by atoms with E-state index in [0.717, 1.165) is 12.1 Å². The number of rotatable bonds is 4. The Hall–Kier alpha value is -3.43. The molecule has 1 heterocycles. The second kappa shape index (κ2) is 7.06. The molecule has 0 saturated heterocycles. The van der Waals surface area contributed by atoms with Crippen LogP contribution in [0.15, 0.2) is 18.2 Å². The highest BCUT2D eigenvalue weighted by Gasteiger charge is 2.29. The highest BCUT2D eigenvalue weighted by molar-refractivity contribution is 6.04. The van der Waals surface area contributed by atoms with Gasteiger partial charge < -0.3 is 14.6 Å². The van der Waals surface area contributed by atoms with Crippen LogP contribution in [-0.2, 0) is 20.9 Å². The van der Waals surface area contributed by atoms with E-state index in [1.165, 1.54) is 13.0 Å². The number of carbonyl (C=O) groups excluding carboxylic acids is 2. The lowest BCUT2D eigenvalue weighted by Gasteiger charge is -2.20. The van der Waals surface area contributed by atoms with E-state index in [1.807, 2.05) is 0 Å². The normalized spacial score (nSPS) is 11.3. The summed E-state index contributed by atoms with van der Waals surface area (Å²) in [5.41, 5.74) is -1.85. The van der Waals surface area contributed by atoms with Gasteiger partial charge in [0.25, 0.3) is 5.69 Å². The van der Waals surface area contributed by atoms with Crippen LogP contribution in [0.25, 0.3) is 10.9 Å². The fourth-order valence-electron chi connectivity index (χ4n) is 2.45. The van der Waals surface area contributed by atoms with E-state index in [1.54, 1.807) is 20.8 Å². The number of ether oxygens (including phenoxy) is 2. The van der Waals surface area contributed by atoms with Crippen molar-refractivity contribution in [2.24, 2.45) is 0 Å². The van der Waals surface area contributed by atoms with Gasteiger partial charge in [-0.1, -0.05) is 0 Å². The maximum Gasteiger partial charge on any atom is 0.419 e. The van der Waals surface area contributed by atoms with Crippen LogP contribution < -0.4 is 0 Å². The van der Waals surface area contributed by atoms with Gasteiger partial charge in [0.1, 0.15) is 23.4 Å². The molecule has 2 aromatic rings. The Bertz CT molecular complexity index is 952. The number of non-ortho nitro benzene ring substituents is 1. The SMILES string of the molecule is CC(=O)OCc1cc([N+](=O)[O-])c2c(c1)cc(C(=O)O)n2C(=O)OC(C)(C)C. The van der Waals surface area contributed by atoms with Crippen LogP contribution in [0.3, 0.4) is 0 Å². The van der Waals surface area contributed by atoms with Crippen LogP contribution in [-0.4, -0.2) is 38.2 Å². The molecular formula is C17H18N2O8. The highest BCUT2D eigenvalue weighted by Crippen LogP contribution is 2.32. The first-order valence-corrected chi connectivity index (χ1v) is 7.83. The number of carbonyl (C=O) groups is 3. The first-order chi connectivity index (χ1) is 12.4. The maximum absolute atomic E-state index is 12.5. The summed E-state index contributed by atoms with van der Waals surface area (Å²) in [5, 5.41) is 21.1. The van der Waals surface area contributed by atoms with Crippen molar-refractivity contribution in [1.29, 1.82) is 0 Å². The van der Waals surface area contributed by atoms with E-state index >= 15 is 0 Å². The largest absolute Gasteiger partial charge is 0.477 e. The number of benzene rings is 1. The summed E-state index contributed by atoms with van der Waals surface area (Å²) in [6.07, 6.45) is -1.05. The van der Waals surface area contributed by atoms with Gasteiger partial charge in [-0.05, 0) is 38.5 Å². The molecule has 1 aromatic heterocycles. The summed E-state index contributed by atoms with van der Waals surface area (Å²) in [5.74, 6) is -2.02. The number of carboxylic acids is 1. The van der Waals surface area contributed by atoms with E-state index in [2.05, 4.69) is 0 Å². The van der Waals surface area contributed by atoms with Crippen molar-refractivity contribution < 1.29 is 33.9 Å². The number of hydrogen-bond acceptors (Lipinski definition) is 7. The number of hydrogen-bond donors (Lipinski definition) is 1. The molecule has 1 N–H and O–H groups in total. The fraction of sp³-hybridized carbons (Fsp3) is 0.353. The number of nitro benzene ring substituents is 1. The number of fused-ring (bicyclic) bond motifs is 1. The Morgan fingerprint density at radius 3 is 2.33 bits per heavy atom. The van der Waals surface area contributed by atoms with Gasteiger partial charge >= 0.3 is 18.0 Å². The van der Waals surface area contributed by atoms with Gasteiger partial charge in [0.05, 0.1) is 4.92 Å². The molecule has 0 fully saturated rings. The third-order valence-corrected chi connectivity index (χ3v) is 3.37. The molecular weight excluding hydrogens is 360 g/mol. The van der Waals surface area contributed by atoms with Crippen molar-refractivity contribution >= 4 is 34.6 Å². The van der Waals surface area contributed by atoms with Crippen molar-refractivity contribution in [3.8, 4) is 0 Å². The molecule has 0 bridgehead atoms. The first kappa shape index (κ1) is 19.9. The molecule has 0 amide bonds. The fourth-order valence-corrected chi connectivity index (χ4v) is 2.45. The average molecular weight is 378 g/mol. The van der Waals surface area contributed by atoms with Gasteiger partial charge in [-0.25, -0.2) is 14.2 Å². The van der Waals surface area contributed by atoms with Gasteiger partial charge in [-0.15, -0.1) is 0 Å². The van der Waals surface area contributed by atoms with Crippen molar-refractivity contribution in [2.75, 3.05) is 0 Å². The summed E-state index contributed by atoms with van der Waals surface area (Å²) in [6.45, 7) is 5.72. The Morgan fingerprint density at radius 2 is 1.85 bits per heavy atom. The number of carboxylic acid groups (broad SMARTS) is 1. The number of nitrogens with zero attached hydrogens (tertiary/aromatic N) is 2. The minimum Gasteiger partial charge on any atom is -0.477 e. The van der Waals surface area contributed by atoms with Gasteiger partial charge in [0, 0.05) is 18.4 Å². The van der Waals surface area contributed by atoms with Gasteiger partial charge in [0.2, 0.25) is 0 Å². The molecule has 27 heavy (non-hydrogen) atoms. The van der Waals surface area contributed by atoms with Crippen LogP contribution in [0.1, 0.15) is 43.7 Å². The molecule has 0 aliphatic heterocycles. The molecule has 0 aliphatic carbocycles. The Balaban J connectivity index is 2.74. The van der Waals surface area contributed by atoms with E-state index in [4.69, 9.17) is 9.47 Å². The maximum atomic E-state index is 12.5. The molecule has 0 saturated carbocycles. The van der Waals surface area contributed by atoms with E-state index < -0.39 is 39.9 Å². The van der Waals surface area contributed by atoms with E-state index in [0.29, 0.717) is 4.57 Å². The minimum atomic E-state index is -1.45. The predicted octanol–water partition coefficient (Wildman–Crippen LogP) is 3.09. The molecule has 0 spiro atoms. The minimum absolute atomic E-state index is 0.134. The van der Waals surface area contributed by atoms with Crippen LogP contribution in [0.2, 0.25) is 0 Å². The molecule has 0 unspecified atom stereocenters. The van der Waals surface area contributed by atoms with E-state index in [9.17, 15) is 29.6 Å². The molecule has 1 aromatic carbocycles. The van der Waals surface area contributed by atoms with Crippen LogP contribution >= 0.6 is 0 Å². The van der Waals surface area contributed by atoms with Crippen molar-refractivity contribution in [1.82, 2.24) is 4.57 Å². The van der Waals surface area contributed by atoms with Crippen molar-refractivity contribution in [3.63, 3.8) is 0 Å². The average Bonchev–Trinajstić information content (AvgIpc) is 2.89. The van der Waals surface area contributed by atoms with Gasteiger partial charge in [-0.3, -0.25) is 14.9 Å². The van der Waals surface area contributed by atoms with Crippen LogP contribution in [0.5, 0.6) is 0 Å². The van der Waals surface area contributed by atoms with E-state index in [-0.39, 0.29) is 23.1 Å². The zero-order valence-corrected chi connectivity index (χ0v) is 15.1. The predicted molar refractivity (Wildman–Crippen MR) is 92.7 cm³/mol. The lowest BCUT2D eigenvalue weighted by molar-refractivity contribution is -0.383. The molecule has 0 atom stereocenters. The quantitative estimate of drug-likeness (QED) is 0.486. The lowest BCUT2D eigenvalue weighted by Crippen LogP contribution is -2.29. The zero-order valence-electron chi connectivity index (χ0n) is 15.1. The molecule has 10 nitrogen and oxygen atoms in total. The van der Waals surface area contributed by atoms with Crippen molar-refractivity contribution in [3.05, 3.63) is 39.6 Å². The van der Waals surface area contributed by atoms with Crippen molar-refractivity contribution in [2.45, 2.75) is 39.9 Å². The third-order valence-electron chi connectivity index (χ3n) is 3.37. The Morgan fingerprint density at radius 1 is 1.22 bits per heavy atom. The monoisotopic (exact) mass is 378 g/mol.